The molecule has 2 rings (SSSR count). The van der Waals surface area contributed by atoms with Crippen molar-refractivity contribution in [2.75, 3.05) is 0 Å². The van der Waals surface area contributed by atoms with Crippen molar-refractivity contribution in [2.24, 2.45) is 5.92 Å². The van der Waals surface area contributed by atoms with Gasteiger partial charge in [0.2, 0.25) is 0 Å². The monoisotopic (exact) mass is 306 g/mol. The van der Waals surface area contributed by atoms with Crippen LogP contribution in [0.2, 0.25) is 0 Å². The molecule has 0 saturated heterocycles. The molecule has 0 atom stereocenters. The van der Waals surface area contributed by atoms with E-state index in [1.807, 2.05) is 6.08 Å². The van der Waals surface area contributed by atoms with Crippen LogP contribution in [0.4, 0.5) is 17.6 Å². The van der Waals surface area contributed by atoms with Crippen LogP contribution < -0.4 is 0 Å². The fourth-order valence-electron chi connectivity index (χ4n) is 2.76. The third-order valence-electron chi connectivity index (χ3n) is 3.89. The largest absolute Gasteiger partial charge is 0.419 e. The minimum absolute atomic E-state index is 0.131. The van der Waals surface area contributed by atoms with Crippen LogP contribution in [0, 0.1) is 11.7 Å². The van der Waals surface area contributed by atoms with Gasteiger partial charge in [-0.1, -0.05) is 23.7 Å². The first-order chi connectivity index (χ1) is 9.41. The van der Waals surface area contributed by atoms with Crippen LogP contribution in [-0.2, 0) is 6.18 Å². The zero-order valence-corrected chi connectivity index (χ0v) is 11.5. The van der Waals surface area contributed by atoms with E-state index < -0.39 is 17.6 Å². The molecule has 0 aliphatic heterocycles. The first kappa shape index (κ1) is 15.4. The highest BCUT2D eigenvalue weighted by atomic mass is 35.5. The minimum Gasteiger partial charge on any atom is -0.206 e. The first-order valence-corrected chi connectivity index (χ1v) is 6.99. The van der Waals surface area contributed by atoms with Gasteiger partial charge < -0.3 is 0 Å². The van der Waals surface area contributed by atoms with E-state index in [0.717, 1.165) is 37.8 Å². The summed E-state index contributed by atoms with van der Waals surface area (Å²) in [6, 6.07) is 3.27. The molecule has 1 saturated carbocycles. The van der Waals surface area contributed by atoms with Gasteiger partial charge in [0.25, 0.3) is 0 Å². The van der Waals surface area contributed by atoms with Gasteiger partial charge in [-0.05, 0) is 55.2 Å². The van der Waals surface area contributed by atoms with Gasteiger partial charge in [0.05, 0.1) is 5.56 Å². The second-order valence-electron chi connectivity index (χ2n) is 5.17. The molecule has 0 radical (unpaired) electrons. The van der Waals surface area contributed by atoms with E-state index in [9.17, 15) is 17.6 Å². The Morgan fingerprint density at radius 3 is 2.25 bits per heavy atom. The summed E-state index contributed by atoms with van der Waals surface area (Å²) in [5, 5.41) is 0. The second kappa shape index (κ2) is 6.17. The van der Waals surface area contributed by atoms with Gasteiger partial charge in [-0.15, -0.1) is 0 Å². The molecule has 0 nitrogen and oxygen atoms in total. The third kappa shape index (κ3) is 3.54. The van der Waals surface area contributed by atoms with E-state index >= 15 is 0 Å². The Hall–Kier alpha value is -1.03. The van der Waals surface area contributed by atoms with Crippen molar-refractivity contribution in [1.82, 2.24) is 0 Å². The maximum atomic E-state index is 13.5. The number of hydrogen-bond donors (Lipinski definition) is 0. The predicted molar refractivity (Wildman–Crippen MR) is 71.1 cm³/mol. The average Bonchev–Trinajstić information content (AvgIpc) is 2.38. The lowest BCUT2D eigenvalue weighted by Gasteiger charge is -2.27. The van der Waals surface area contributed by atoms with Crippen LogP contribution in [0.5, 0.6) is 0 Å². The fourth-order valence-corrected chi connectivity index (χ4v) is 2.97. The average molecular weight is 307 g/mol. The molecular weight excluding hydrogens is 292 g/mol. The maximum absolute atomic E-state index is 13.5. The highest BCUT2D eigenvalue weighted by molar-refractivity contribution is 6.25. The molecule has 0 unspecified atom stereocenters. The lowest BCUT2D eigenvalue weighted by atomic mass is 9.78. The Kier molecular flexibility index (Phi) is 4.74. The number of rotatable bonds is 2. The van der Waals surface area contributed by atoms with Crippen molar-refractivity contribution in [2.45, 2.75) is 37.8 Å². The lowest BCUT2D eigenvalue weighted by molar-refractivity contribution is -0.140. The summed E-state index contributed by atoms with van der Waals surface area (Å²) in [4.78, 5) is 0. The molecule has 1 aliphatic carbocycles. The lowest BCUT2D eigenvalue weighted by Crippen LogP contribution is -2.13. The van der Waals surface area contributed by atoms with E-state index in [2.05, 4.69) is 0 Å². The Balaban J connectivity index is 2.10. The Labute approximate surface area is 120 Å². The summed E-state index contributed by atoms with van der Waals surface area (Å²) in [6.45, 7) is 0. The highest BCUT2D eigenvalue weighted by Crippen LogP contribution is 2.38. The topological polar surface area (TPSA) is 0 Å². The van der Waals surface area contributed by atoms with Crippen LogP contribution in [0.25, 0.3) is 0 Å². The Morgan fingerprint density at radius 2 is 1.75 bits per heavy atom. The molecule has 0 amide bonds. The summed E-state index contributed by atoms with van der Waals surface area (Å²) in [6.07, 6.45) is 0.844. The van der Waals surface area contributed by atoms with Gasteiger partial charge >= 0.3 is 6.18 Å². The van der Waals surface area contributed by atoms with Crippen molar-refractivity contribution in [3.8, 4) is 0 Å². The van der Waals surface area contributed by atoms with E-state index in [1.165, 1.54) is 11.6 Å². The quantitative estimate of drug-likeness (QED) is 0.599. The van der Waals surface area contributed by atoms with E-state index in [4.69, 9.17) is 11.6 Å². The van der Waals surface area contributed by atoms with Gasteiger partial charge in [0, 0.05) is 5.54 Å². The van der Waals surface area contributed by atoms with Gasteiger partial charge in [0.15, 0.2) is 0 Å². The Morgan fingerprint density at radius 1 is 1.10 bits per heavy atom. The van der Waals surface area contributed by atoms with E-state index in [-0.39, 0.29) is 5.92 Å². The molecule has 1 aromatic rings. The molecular formula is C15H15ClF4. The second-order valence-corrected chi connectivity index (χ2v) is 5.42. The number of hydrogen-bond acceptors (Lipinski definition) is 0. The Bertz CT molecular complexity index is 485. The SMILES string of the molecule is Fc1cc([C@H]2CC[C@H](/C=C/Cl)CC2)ccc1C(F)(F)F. The van der Waals surface area contributed by atoms with Gasteiger partial charge in [0.1, 0.15) is 5.82 Å². The molecule has 0 N–H and O–H groups in total. The minimum atomic E-state index is -4.63. The molecule has 110 valence electrons. The maximum Gasteiger partial charge on any atom is 0.419 e. The molecule has 1 aromatic carbocycles. The number of halogens is 5. The standard InChI is InChI=1S/C15H15ClF4/c16-8-7-10-1-3-11(4-2-10)12-5-6-13(14(17)9-12)15(18,19)20/h5-11H,1-4H2/b8-7+/t10-,11-. The molecule has 5 heteroatoms. The van der Waals surface area contributed by atoms with E-state index in [1.54, 1.807) is 0 Å². The van der Waals surface area contributed by atoms with Crippen molar-refractivity contribution < 1.29 is 17.6 Å². The third-order valence-corrected chi connectivity index (χ3v) is 4.03. The molecule has 1 aliphatic rings. The number of allylic oxidation sites excluding steroid dienone is 1. The van der Waals surface area contributed by atoms with Crippen LogP contribution >= 0.6 is 11.6 Å². The van der Waals surface area contributed by atoms with E-state index in [0.29, 0.717) is 11.5 Å². The highest BCUT2D eigenvalue weighted by Gasteiger charge is 2.34. The van der Waals surface area contributed by atoms with Gasteiger partial charge in [-0.3, -0.25) is 0 Å². The summed E-state index contributed by atoms with van der Waals surface area (Å²) in [5.41, 5.74) is 0.965. The van der Waals surface area contributed by atoms with Crippen LogP contribution in [-0.4, -0.2) is 0 Å². The van der Waals surface area contributed by atoms with Crippen molar-refractivity contribution >= 4 is 11.6 Å². The number of alkyl halides is 3. The van der Waals surface area contributed by atoms with Gasteiger partial charge in [-0.2, -0.15) is 13.2 Å². The zero-order chi connectivity index (χ0) is 14.8. The van der Waals surface area contributed by atoms with Crippen LogP contribution in [0.15, 0.2) is 29.8 Å². The van der Waals surface area contributed by atoms with Crippen LogP contribution in [0.1, 0.15) is 42.7 Å². The first-order valence-electron chi connectivity index (χ1n) is 6.55. The smallest absolute Gasteiger partial charge is 0.206 e. The molecule has 20 heavy (non-hydrogen) atoms. The van der Waals surface area contributed by atoms with Crippen LogP contribution in [0.3, 0.4) is 0 Å². The molecule has 1 fully saturated rings. The summed E-state index contributed by atoms with van der Waals surface area (Å²) in [7, 11) is 0. The molecule has 0 spiro atoms. The van der Waals surface area contributed by atoms with Crippen molar-refractivity contribution in [3.05, 3.63) is 46.8 Å². The molecule has 0 aromatic heterocycles. The number of benzene rings is 1. The van der Waals surface area contributed by atoms with Gasteiger partial charge in [-0.25, -0.2) is 4.39 Å². The zero-order valence-electron chi connectivity index (χ0n) is 10.8. The summed E-state index contributed by atoms with van der Waals surface area (Å²) in [5.74, 6) is -0.632. The predicted octanol–water partition coefficient (Wildman–Crippen LogP) is 5.87. The fraction of sp³-hybridized carbons (Fsp3) is 0.467. The normalized spacial score (nSPS) is 24.2. The molecule has 0 heterocycles. The molecule has 0 bridgehead atoms. The van der Waals surface area contributed by atoms with Crippen molar-refractivity contribution in [3.63, 3.8) is 0 Å². The van der Waals surface area contributed by atoms with Crippen molar-refractivity contribution in [1.29, 1.82) is 0 Å². The summed E-state index contributed by atoms with van der Waals surface area (Å²) < 4.78 is 51.0. The summed E-state index contributed by atoms with van der Waals surface area (Å²) >= 11 is 5.53.